The van der Waals surface area contributed by atoms with Crippen LogP contribution in [0, 0.1) is 0 Å². The lowest BCUT2D eigenvalue weighted by molar-refractivity contribution is -0.140. The monoisotopic (exact) mass is 968 g/mol. The third kappa shape index (κ3) is 21.7. The number of benzene rings is 1. The van der Waals surface area contributed by atoms with Gasteiger partial charge < -0.3 is 52.0 Å². The van der Waals surface area contributed by atoms with Gasteiger partial charge in [-0.2, -0.15) is 4.98 Å². The Hall–Kier alpha value is -6.34. The van der Waals surface area contributed by atoms with E-state index in [0.717, 1.165) is 5.69 Å². The molecular formula is C45H69N13O11. The topological polar surface area (TPSA) is 329 Å². The van der Waals surface area contributed by atoms with Crippen molar-refractivity contribution in [3.8, 4) is 0 Å². The molecule has 4 amide bonds. The molecule has 1 fully saturated rings. The number of hydrogen-bond donors (Lipinski definition) is 9. The SMILES string of the molecule is CC(C)(CCOC(C)(C)CCC(=O)NCCNC(=O)CN1CCN(CC(=O)O)CCN(CC(=O)O)CC1)OCCNC(=O)CCCNC(=O)c1ccc(NCc2cnc3nc(N)[nH]c(=O)c3n2)cc1. The van der Waals surface area contributed by atoms with Gasteiger partial charge in [0, 0.05) is 89.5 Å². The molecule has 1 saturated heterocycles. The third-order valence-corrected chi connectivity index (χ3v) is 11.1. The number of carboxylic acid groups (broad SMARTS) is 2. The van der Waals surface area contributed by atoms with Crippen molar-refractivity contribution in [3.05, 3.63) is 52.1 Å². The number of amides is 4. The van der Waals surface area contributed by atoms with Crippen LogP contribution in [0.2, 0.25) is 0 Å². The van der Waals surface area contributed by atoms with Crippen molar-refractivity contribution in [3.63, 3.8) is 0 Å². The van der Waals surface area contributed by atoms with Gasteiger partial charge in [-0.25, -0.2) is 9.97 Å². The largest absolute Gasteiger partial charge is 0.480 e. The molecule has 0 spiro atoms. The second-order valence-corrected chi connectivity index (χ2v) is 17.9. The van der Waals surface area contributed by atoms with Gasteiger partial charge >= 0.3 is 11.9 Å². The van der Waals surface area contributed by atoms with Crippen molar-refractivity contribution in [2.75, 3.05) is 109 Å². The van der Waals surface area contributed by atoms with Gasteiger partial charge in [0.15, 0.2) is 11.2 Å². The van der Waals surface area contributed by atoms with Gasteiger partial charge in [-0.1, -0.05) is 0 Å². The van der Waals surface area contributed by atoms with Gasteiger partial charge in [-0.05, 0) is 71.2 Å². The summed E-state index contributed by atoms with van der Waals surface area (Å²) in [4.78, 5) is 105. The maximum absolute atomic E-state index is 12.7. The van der Waals surface area contributed by atoms with Crippen LogP contribution < -0.4 is 37.9 Å². The van der Waals surface area contributed by atoms with Crippen LogP contribution >= 0.6 is 0 Å². The number of carbonyl (C=O) groups excluding carboxylic acids is 4. The van der Waals surface area contributed by atoms with E-state index >= 15 is 0 Å². The fraction of sp³-hybridized carbons (Fsp3) is 0.600. The second-order valence-electron chi connectivity index (χ2n) is 17.9. The number of carbonyl (C=O) groups is 6. The van der Waals surface area contributed by atoms with E-state index in [0.29, 0.717) is 96.1 Å². The molecule has 69 heavy (non-hydrogen) atoms. The molecule has 3 aromatic rings. The number of hydrogen-bond acceptors (Lipinski definition) is 17. The first kappa shape index (κ1) is 55.3. The minimum absolute atomic E-state index is 0.0365. The van der Waals surface area contributed by atoms with Crippen LogP contribution in [-0.2, 0) is 40.0 Å². The van der Waals surface area contributed by atoms with Crippen LogP contribution in [0.5, 0.6) is 0 Å². The van der Waals surface area contributed by atoms with Crippen molar-refractivity contribution in [2.24, 2.45) is 0 Å². The highest BCUT2D eigenvalue weighted by molar-refractivity contribution is 5.94. The van der Waals surface area contributed by atoms with Gasteiger partial charge in [0.05, 0.1) is 62.5 Å². The zero-order chi connectivity index (χ0) is 50.4. The number of nitrogens with one attached hydrogen (secondary N) is 6. The summed E-state index contributed by atoms with van der Waals surface area (Å²) in [6.07, 6.45) is 3.45. The molecule has 380 valence electrons. The molecule has 10 N–H and O–H groups in total. The lowest BCUT2D eigenvalue weighted by Crippen LogP contribution is -2.44. The van der Waals surface area contributed by atoms with Gasteiger partial charge in [0.1, 0.15) is 0 Å². The highest BCUT2D eigenvalue weighted by Gasteiger charge is 2.25. The number of fused-ring (bicyclic) bond motifs is 1. The highest BCUT2D eigenvalue weighted by atomic mass is 16.5. The third-order valence-electron chi connectivity index (χ3n) is 11.1. The van der Waals surface area contributed by atoms with Gasteiger partial charge in [0.2, 0.25) is 23.7 Å². The van der Waals surface area contributed by atoms with Crippen LogP contribution in [0.1, 0.15) is 75.9 Å². The number of rotatable bonds is 28. The molecular weight excluding hydrogens is 899 g/mol. The van der Waals surface area contributed by atoms with E-state index < -0.39 is 28.7 Å². The molecule has 1 aliphatic rings. The molecule has 24 heteroatoms. The number of nitrogen functional groups attached to an aromatic ring is 1. The lowest BCUT2D eigenvalue weighted by Gasteiger charge is -2.29. The Kier molecular flexibility index (Phi) is 22.1. The fourth-order valence-electron chi connectivity index (χ4n) is 7.07. The molecule has 1 aromatic carbocycles. The van der Waals surface area contributed by atoms with Crippen molar-refractivity contribution in [2.45, 2.75) is 77.5 Å². The molecule has 1 aliphatic heterocycles. The zero-order valence-electron chi connectivity index (χ0n) is 40.1. The maximum Gasteiger partial charge on any atom is 0.317 e. The Bertz CT molecular complexity index is 2210. The molecule has 4 rings (SSSR count). The van der Waals surface area contributed by atoms with E-state index in [1.165, 1.54) is 6.20 Å². The van der Waals surface area contributed by atoms with E-state index in [2.05, 4.69) is 46.5 Å². The molecule has 0 bridgehead atoms. The molecule has 2 aromatic heterocycles. The zero-order valence-corrected chi connectivity index (χ0v) is 40.1. The Morgan fingerprint density at radius 3 is 1.87 bits per heavy atom. The van der Waals surface area contributed by atoms with E-state index in [1.54, 1.807) is 34.1 Å². The molecule has 3 heterocycles. The summed E-state index contributed by atoms with van der Waals surface area (Å²) in [5.74, 6) is -2.84. The predicted octanol–water partition coefficient (Wildman–Crippen LogP) is -0.385. The summed E-state index contributed by atoms with van der Waals surface area (Å²) in [6, 6.07) is 6.84. The molecule has 0 saturated carbocycles. The Morgan fingerprint density at radius 1 is 0.696 bits per heavy atom. The molecule has 0 atom stereocenters. The molecule has 0 aliphatic carbocycles. The number of ether oxygens (including phenoxy) is 2. The first-order chi connectivity index (χ1) is 32.8. The average molecular weight is 968 g/mol. The number of H-pyrrole nitrogens is 1. The number of carboxylic acids is 2. The summed E-state index contributed by atoms with van der Waals surface area (Å²) in [5, 5.41) is 33.0. The fourth-order valence-corrected chi connectivity index (χ4v) is 7.07. The van der Waals surface area contributed by atoms with E-state index in [9.17, 15) is 43.8 Å². The molecule has 0 radical (unpaired) electrons. The Morgan fingerprint density at radius 2 is 1.25 bits per heavy atom. The van der Waals surface area contributed by atoms with Crippen molar-refractivity contribution in [1.82, 2.24) is 55.9 Å². The van der Waals surface area contributed by atoms with Crippen LogP contribution in [0.25, 0.3) is 11.2 Å². The number of aromatic amines is 1. The Labute approximate surface area is 400 Å². The van der Waals surface area contributed by atoms with Gasteiger partial charge in [-0.15, -0.1) is 0 Å². The Balaban J connectivity index is 1.01. The molecule has 0 unspecified atom stereocenters. The highest BCUT2D eigenvalue weighted by Crippen LogP contribution is 2.21. The first-order valence-electron chi connectivity index (χ1n) is 23.1. The van der Waals surface area contributed by atoms with E-state index in [1.807, 2.05) is 32.6 Å². The van der Waals surface area contributed by atoms with Crippen LogP contribution in [0.15, 0.2) is 35.3 Å². The summed E-state index contributed by atoms with van der Waals surface area (Å²) in [7, 11) is 0. The smallest absolute Gasteiger partial charge is 0.317 e. The number of nitrogens with two attached hydrogens (primary N) is 1. The van der Waals surface area contributed by atoms with Crippen molar-refractivity contribution < 1.29 is 48.5 Å². The summed E-state index contributed by atoms with van der Waals surface area (Å²) < 4.78 is 12.1. The summed E-state index contributed by atoms with van der Waals surface area (Å²) >= 11 is 0. The minimum atomic E-state index is -0.975. The average Bonchev–Trinajstić information content (AvgIpc) is 3.37. The van der Waals surface area contributed by atoms with Crippen LogP contribution in [0.4, 0.5) is 11.6 Å². The van der Waals surface area contributed by atoms with E-state index in [-0.39, 0.29) is 92.9 Å². The number of aromatic nitrogens is 4. The minimum Gasteiger partial charge on any atom is -0.480 e. The maximum atomic E-state index is 12.7. The lowest BCUT2D eigenvalue weighted by atomic mass is 10.0. The van der Waals surface area contributed by atoms with Gasteiger partial charge in [-0.3, -0.25) is 53.2 Å². The van der Waals surface area contributed by atoms with Crippen molar-refractivity contribution in [1.29, 1.82) is 0 Å². The summed E-state index contributed by atoms with van der Waals surface area (Å²) in [6.45, 7) is 12.0. The van der Waals surface area contributed by atoms with Crippen LogP contribution in [0.3, 0.4) is 0 Å². The number of aliphatic carboxylic acids is 2. The first-order valence-corrected chi connectivity index (χ1v) is 23.1. The van der Waals surface area contributed by atoms with Crippen molar-refractivity contribution >= 4 is 58.4 Å². The van der Waals surface area contributed by atoms with E-state index in [4.69, 9.17) is 15.2 Å². The number of nitrogens with zero attached hydrogens (tertiary/aromatic N) is 6. The predicted molar refractivity (Wildman–Crippen MR) is 255 cm³/mol. The quantitative estimate of drug-likeness (QED) is 0.0419. The van der Waals surface area contributed by atoms with Crippen LogP contribution in [-0.4, -0.2) is 190 Å². The normalized spacial score (nSPS) is 14.3. The molecule has 24 nitrogen and oxygen atoms in total. The summed E-state index contributed by atoms with van der Waals surface area (Å²) in [5.41, 5.74) is 5.91. The standard InChI is InChI=1S/C45H69N13O11/c1-44(2,12-11-35(60)47-15-16-48-36(61)28-56-18-20-57(29-37(62)63)22-23-58(21-19-56)30-38(64)65)68-24-13-45(3,4)69-25-17-49-34(59)6-5-14-50-41(66)31-7-9-32(10-8-31)51-26-33-27-52-40-39(53-33)42(67)55-43(46)54-40/h7-10,27,51H,5-6,11-26,28-30H2,1-4H3,(H,47,60)(H,48,61)(H,49,59)(H,50,66)(H,62,63)(H,64,65)(H3,46,52,54,55,67). The second kappa shape index (κ2) is 27.6. The van der Waals surface area contributed by atoms with Gasteiger partial charge in [0.25, 0.3) is 11.5 Å². The number of anilines is 2.